The van der Waals surface area contributed by atoms with Crippen LogP contribution in [0.1, 0.15) is 37.3 Å². The second-order valence-electron chi connectivity index (χ2n) is 9.02. The minimum atomic E-state index is -1.38. The number of rotatable bonds is 8. The Bertz CT molecular complexity index is 1640. The van der Waals surface area contributed by atoms with Crippen molar-refractivity contribution in [2.75, 3.05) is 6.61 Å². The summed E-state index contributed by atoms with van der Waals surface area (Å²) in [7, 11) is 0. The van der Waals surface area contributed by atoms with E-state index in [9.17, 15) is 24.0 Å². The zero-order valence-corrected chi connectivity index (χ0v) is 21.5. The zero-order valence-electron chi connectivity index (χ0n) is 21.5. The second-order valence-corrected chi connectivity index (χ2v) is 9.02. The van der Waals surface area contributed by atoms with Gasteiger partial charge in [0, 0.05) is 12.3 Å². The van der Waals surface area contributed by atoms with E-state index in [-0.39, 0.29) is 16.7 Å². The molecule has 0 aliphatic carbocycles. The predicted octanol–water partition coefficient (Wildman–Crippen LogP) is 2.74. The molecule has 1 aliphatic heterocycles. The average Bonchev–Trinajstić information content (AvgIpc) is 3.33. The van der Waals surface area contributed by atoms with Gasteiger partial charge in [0.2, 0.25) is 0 Å². The Kier molecular flexibility index (Phi) is 8.16. The first-order chi connectivity index (χ1) is 19.9. The maximum absolute atomic E-state index is 13.1. The molecule has 4 aromatic rings. The summed E-state index contributed by atoms with van der Waals surface area (Å²) in [4.78, 5) is 65.5. The van der Waals surface area contributed by atoms with Gasteiger partial charge in [-0.2, -0.15) is 0 Å². The molecule has 1 fully saturated rings. The van der Waals surface area contributed by atoms with Crippen LogP contribution in [0.25, 0.3) is 0 Å². The van der Waals surface area contributed by atoms with Gasteiger partial charge in [0.15, 0.2) is 18.4 Å². The van der Waals surface area contributed by atoms with Gasteiger partial charge in [-0.15, -0.1) is 0 Å². The lowest BCUT2D eigenvalue weighted by atomic mass is 10.1. The number of nitrogens with one attached hydrogen (secondary N) is 1. The van der Waals surface area contributed by atoms with Crippen LogP contribution < -0.4 is 11.2 Å². The van der Waals surface area contributed by atoms with Gasteiger partial charge in [0.1, 0.15) is 12.7 Å². The van der Waals surface area contributed by atoms with Crippen molar-refractivity contribution in [3.8, 4) is 0 Å². The summed E-state index contributed by atoms with van der Waals surface area (Å²) in [5.41, 5.74) is -0.804. The van der Waals surface area contributed by atoms with Gasteiger partial charge in [-0.25, -0.2) is 19.2 Å². The van der Waals surface area contributed by atoms with E-state index in [2.05, 4.69) is 4.98 Å². The van der Waals surface area contributed by atoms with E-state index in [1.54, 1.807) is 66.7 Å². The number of aromatic amines is 1. The molecule has 4 atom stereocenters. The zero-order chi connectivity index (χ0) is 28.8. The summed E-state index contributed by atoms with van der Waals surface area (Å²) in [6, 6.07) is 25.5. The predicted molar refractivity (Wildman–Crippen MR) is 143 cm³/mol. The van der Waals surface area contributed by atoms with E-state index in [0.717, 1.165) is 10.6 Å². The molecular formula is C30H24N2O9. The number of hydrogen-bond acceptors (Lipinski definition) is 9. The molecule has 41 heavy (non-hydrogen) atoms. The van der Waals surface area contributed by atoms with Crippen LogP contribution in [0.2, 0.25) is 0 Å². The molecule has 5 rings (SSSR count). The molecule has 1 aliphatic rings. The van der Waals surface area contributed by atoms with E-state index in [0.29, 0.717) is 0 Å². The van der Waals surface area contributed by atoms with Gasteiger partial charge in [0.25, 0.3) is 5.56 Å². The SMILES string of the molecule is O=C(OC[C@H]1OC(n2ccc(=O)[nH]c2=O)[C@@H](OC(=O)c2ccccc2)[C@@H]1OC(=O)c1ccccc1)c1ccccc1. The van der Waals surface area contributed by atoms with Crippen LogP contribution >= 0.6 is 0 Å². The van der Waals surface area contributed by atoms with E-state index in [1.807, 2.05) is 0 Å². The summed E-state index contributed by atoms with van der Waals surface area (Å²) >= 11 is 0. The minimum Gasteiger partial charge on any atom is -0.459 e. The van der Waals surface area contributed by atoms with Crippen LogP contribution in [0.3, 0.4) is 0 Å². The Morgan fingerprint density at radius 3 is 1.68 bits per heavy atom. The van der Waals surface area contributed by atoms with Crippen molar-refractivity contribution in [1.82, 2.24) is 9.55 Å². The first-order valence-corrected chi connectivity index (χ1v) is 12.6. The summed E-state index contributed by atoms with van der Waals surface area (Å²) in [6.45, 7) is -0.408. The lowest BCUT2D eigenvalue weighted by molar-refractivity contribution is -0.0640. The highest BCUT2D eigenvalue weighted by atomic mass is 16.7. The van der Waals surface area contributed by atoms with Crippen LogP contribution in [-0.2, 0) is 18.9 Å². The lowest BCUT2D eigenvalue weighted by Gasteiger charge is -2.25. The molecule has 1 aromatic heterocycles. The van der Waals surface area contributed by atoms with Crippen molar-refractivity contribution in [2.24, 2.45) is 0 Å². The number of nitrogens with zero attached hydrogens (tertiary/aromatic N) is 1. The van der Waals surface area contributed by atoms with Gasteiger partial charge < -0.3 is 18.9 Å². The van der Waals surface area contributed by atoms with Crippen molar-refractivity contribution in [3.63, 3.8) is 0 Å². The van der Waals surface area contributed by atoms with Gasteiger partial charge in [-0.1, -0.05) is 54.6 Å². The molecule has 3 aromatic carbocycles. The highest BCUT2D eigenvalue weighted by molar-refractivity contribution is 5.91. The molecule has 208 valence electrons. The fourth-order valence-electron chi connectivity index (χ4n) is 4.31. The fraction of sp³-hybridized carbons (Fsp3) is 0.167. The molecule has 1 saturated heterocycles. The fourth-order valence-corrected chi connectivity index (χ4v) is 4.31. The molecule has 0 spiro atoms. The number of esters is 3. The second kappa shape index (κ2) is 12.3. The smallest absolute Gasteiger partial charge is 0.338 e. The summed E-state index contributed by atoms with van der Waals surface area (Å²) in [5.74, 6) is -2.19. The van der Waals surface area contributed by atoms with Crippen molar-refractivity contribution in [1.29, 1.82) is 0 Å². The molecule has 0 bridgehead atoms. The van der Waals surface area contributed by atoms with Gasteiger partial charge in [0.05, 0.1) is 16.7 Å². The Morgan fingerprint density at radius 2 is 1.17 bits per heavy atom. The molecule has 11 nitrogen and oxygen atoms in total. The molecule has 0 amide bonds. The summed E-state index contributed by atoms with van der Waals surface area (Å²) < 4.78 is 24.1. The Hall–Kier alpha value is -5.29. The van der Waals surface area contributed by atoms with Gasteiger partial charge in [-0.05, 0) is 36.4 Å². The highest BCUT2D eigenvalue weighted by Crippen LogP contribution is 2.34. The van der Waals surface area contributed by atoms with Crippen LogP contribution in [0.15, 0.2) is 113 Å². The number of hydrogen-bond donors (Lipinski definition) is 1. The number of benzene rings is 3. The first-order valence-electron chi connectivity index (χ1n) is 12.6. The number of H-pyrrole nitrogens is 1. The van der Waals surface area contributed by atoms with Gasteiger partial charge in [-0.3, -0.25) is 14.3 Å². The quantitative estimate of drug-likeness (QED) is 0.256. The third kappa shape index (κ3) is 6.31. The molecule has 1 N–H and O–H groups in total. The van der Waals surface area contributed by atoms with Crippen LogP contribution in [0.5, 0.6) is 0 Å². The van der Waals surface area contributed by atoms with Gasteiger partial charge >= 0.3 is 23.6 Å². The maximum Gasteiger partial charge on any atom is 0.338 e. The first kappa shape index (κ1) is 27.3. The average molecular weight is 557 g/mol. The Morgan fingerprint density at radius 1 is 0.683 bits per heavy atom. The minimum absolute atomic E-state index is 0.201. The van der Waals surface area contributed by atoms with Crippen molar-refractivity contribution < 1.29 is 33.3 Å². The van der Waals surface area contributed by atoms with E-state index >= 15 is 0 Å². The third-order valence-electron chi connectivity index (χ3n) is 6.30. The standard InChI is InChI=1S/C30H24N2O9/c33-23-16-17-32(30(37)31-23)26-25(41-29(36)21-14-8-3-9-15-21)24(40-28(35)20-12-6-2-7-13-20)22(39-26)18-38-27(34)19-10-4-1-5-11-19/h1-17,22,24-26H,18H2,(H,31,33,37)/t22-,24-,25+,26?/m1/s1. The van der Waals surface area contributed by atoms with Crippen LogP contribution in [0, 0.1) is 0 Å². The topological polar surface area (TPSA) is 143 Å². The number of carbonyl (C=O) groups excluding carboxylic acids is 3. The van der Waals surface area contributed by atoms with Crippen LogP contribution in [-0.4, -0.2) is 52.4 Å². The Balaban J connectivity index is 1.50. The molecule has 1 unspecified atom stereocenters. The Labute approximate surface area is 232 Å². The molecular weight excluding hydrogens is 532 g/mol. The largest absolute Gasteiger partial charge is 0.459 e. The molecule has 11 heteroatoms. The van der Waals surface area contributed by atoms with Crippen molar-refractivity contribution in [2.45, 2.75) is 24.5 Å². The third-order valence-corrected chi connectivity index (χ3v) is 6.30. The highest BCUT2D eigenvalue weighted by Gasteiger charge is 2.51. The monoisotopic (exact) mass is 556 g/mol. The number of carbonyl (C=O) groups is 3. The number of aromatic nitrogens is 2. The van der Waals surface area contributed by atoms with Crippen LogP contribution in [0.4, 0.5) is 0 Å². The molecule has 2 heterocycles. The van der Waals surface area contributed by atoms with E-state index in [1.165, 1.54) is 30.5 Å². The summed E-state index contributed by atoms with van der Waals surface area (Å²) in [6.07, 6.45) is -4.03. The summed E-state index contributed by atoms with van der Waals surface area (Å²) in [5, 5.41) is 0. The van der Waals surface area contributed by atoms with E-state index in [4.69, 9.17) is 18.9 Å². The number of ether oxygens (including phenoxy) is 4. The normalized spacial score (nSPS) is 19.7. The maximum atomic E-state index is 13.1. The van der Waals surface area contributed by atoms with E-state index < -0.39 is 60.3 Å². The molecule has 0 saturated carbocycles. The lowest BCUT2D eigenvalue weighted by Crippen LogP contribution is -2.43. The molecule has 0 radical (unpaired) electrons. The van der Waals surface area contributed by atoms with Crippen molar-refractivity contribution in [3.05, 3.63) is 141 Å². The van der Waals surface area contributed by atoms with Crippen molar-refractivity contribution >= 4 is 17.9 Å².